The van der Waals surface area contributed by atoms with E-state index in [-0.39, 0.29) is 5.92 Å². The molecule has 1 unspecified atom stereocenters. The van der Waals surface area contributed by atoms with E-state index in [1.807, 2.05) is 23.1 Å². The molecule has 1 aromatic rings. The number of carboxylic acid groups (broad SMARTS) is 2. The number of piperidine rings is 1. The Morgan fingerprint density at radius 2 is 1.68 bits per heavy atom. The fraction of sp³-hybridized carbons (Fsp3) is 0.429. The first kappa shape index (κ1) is 13.5. The Hall–Kier alpha value is -1.88. The van der Waals surface area contributed by atoms with Gasteiger partial charge < -0.3 is 10.2 Å². The SMILES string of the molecule is O=C(O)C1CCN(C(C(=O)O)c2ccccc2)CC1. The predicted molar refractivity (Wildman–Crippen MR) is 68.8 cm³/mol. The van der Waals surface area contributed by atoms with Crippen LogP contribution in [-0.2, 0) is 9.59 Å². The summed E-state index contributed by atoms with van der Waals surface area (Å²) >= 11 is 0. The Labute approximate surface area is 111 Å². The highest BCUT2D eigenvalue weighted by Gasteiger charge is 2.32. The van der Waals surface area contributed by atoms with Crippen molar-refractivity contribution in [3.63, 3.8) is 0 Å². The molecule has 1 fully saturated rings. The summed E-state index contributed by atoms with van der Waals surface area (Å²) in [4.78, 5) is 24.2. The van der Waals surface area contributed by atoms with Crippen molar-refractivity contribution in [1.29, 1.82) is 0 Å². The van der Waals surface area contributed by atoms with E-state index in [1.54, 1.807) is 12.1 Å². The van der Waals surface area contributed by atoms with Crippen LogP contribution >= 0.6 is 0 Å². The molecule has 1 aliphatic heterocycles. The van der Waals surface area contributed by atoms with Crippen LogP contribution in [-0.4, -0.2) is 40.1 Å². The maximum Gasteiger partial charge on any atom is 0.325 e. The molecular weight excluding hydrogens is 246 g/mol. The van der Waals surface area contributed by atoms with Gasteiger partial charge in [-0.25, -0.2) is 0 Å². The number of aliphatic carboxylic acids is 2. The smallest absolute Gasteiger partial charge is 0.325 e. The second kappa shape index (κ2) is 5.84. The fourth-order valence-corrected chi connectivity index (χ4v) is 2.55. The first-order chi connectivity index (χ1) is 9.09. The number of carboxylic acids is 2. The summed E-state index contributed by atoms with van der Waals surface area (Å²) < 4.78 is 0. The normalized spacial score (nSPS) is 18.9. The molecule has 5 nitrogen and oxygen atoms in total. The minimum Gasteiger partial charge on any atom is -0.481 e. The zero-order chi connectivity index (χ0) is 13.8. The zero-order valence-corrected chi connectivity index (χ0v) is 10.5. The molecule has 1 atom stereocenters. The molecule has 1 aromatic carbocycles. The zero-order valence-electron chi connectivity index (χ0n) is 10.5. The average Bonchev–Trinajstić information content (AvgIpc) is 2.40. The van der Waals surface area contributed by atoms with Gasteiger partial charge in [0.25, 0.3) is 0 Å². The van der Waals surface area contributed by atoms with Crippen molar-refractivity contribution >= 4 is 11.9 Å². The highest BCUT2D eigenvalue weighted by molar-refractivity contribution is 5.75. The van der Waals surface area contributed by atoms with Gasteiger partial charge in [0.1, 0.15) is 6.04 Å². The molecule has 0 amide bonds. The molecule has 0 spiro atoms. The molecule has 19 heavy (non-hydrogen) atoms. The summed E-state index contributed by atoms with van der Waals surface area (Å²) in [5.74, 6) is -2.02. The molecule has 0 radical (unpaired) electrons. The van der Waals surface area contributed by atoms with E-state index in [1.165, 1.54) is 0 Å². The van der Waals surface area contributed by atoms with Crippen molar-refractivity contribution in [1.82, 2.24) is 4.90 Å². The van der Waals surface area contributed by atoms with Crippen LogP contribution < -0.4 is 0 Å². The van der Waals surface area contributed by atoms with E-state index in [0.717, 1.165) is 5.56 Å². The van der Waals surface area contributed by atoms with Gasteiger partial charge in [-0.05, 0) is 18.4 Å². The van der Waals surface area contributed by atoms with Gasteiger partial charge in [0.05, 0.1) is 5.92 Å². The maximum absolute atomic E-state index is 11.5. The van der Waals surface area contributed by atoms with Gasteiger partial charge in [-0.3, -0.25) is 14.5 Å². The van der Waals surface area contributed by atoms with E-state index < -0.39 is 18.0 Å². The van der Waals surface area contributed by atoms with Crippen molar-refractivity contribution in [2.75, 3.05) is 13.1 Å². The summed E-state index contributed by atoms with van der Waals surface area (Å²) in [5.41, 5.74) is 0.740. The molecule has 2 rings (SSSR count). The van der Waals surface area contributed by atoms with E-state index in [9.17, 15) is 14.7 Å². The fourth-order valence-electron chi connectivity index (χ4n) is 2.55. The standard InChI is InChI=1S/C14H17NO4/c16-13(17)11-6-8-15(9-7-11)12(14(18)19)10-4-2-1-3-5-10/h1-5,11-12H,6-9H2,(H,16,17)(H,18,19). The van der Waals surface area contributed by atoms with Crippen molar-refractivity contribution in [2.45, 2.75) is 18.9 Å². The molecule has 0 bridgehead atoms. The number of hydrogen-bond donors (Lipinski definition) is 2. The van der Waals surface area contributed by atoms with Crippen molar-refractivity contribution in [3.05, 3.63) is 35.9 Å². The Morgan fingerprint density at radius 1 is 1.11 bits per heavy atom. The van der Waals surface area contributed by atoms with Crippen LogP contribution in [0.25, 0.3) is 0 Å². The van der Waals surface area contributed by atoms with Crippen LogP contribution in [0, 0.1) is 5.92 Å². The van der Waals surface area contributed by atoms with E-state index >= 15 is 0 Å². The van der Waals surface area contributed by atoms with Crippen molar-refractivity contribution in [2.24, 2.45) is 5.92 Å². The highest BCUT2D eigenvalue weighted by Crippen LogP contribution is 2.27. The number of likely N-dealkylation sites (tertiary alicyclic amines) is 1. The minimum absolute atomic E-state index is 0.346. The van der Waals surface area contributed by atoms with Gasteiger partial charge in [0.2, 0.25) is 0 Å². The van der Waals surface area contributed by atoms with Crippen molar-refractivity contribution in [3.8, 4) is 0 Å². The lowest BCUT2D eigenvalue weighted by Gasteiger charge is -2.34. The lowest BCUT2D eigenvalue weighted by atomic mass is 9.94. The van der Waals surface area contributed by atoms with Crippen LogP contribution in [0.4, 0.5) is 0 Å². The molecule has 5 heteroatoms. The van der Waals surface area contributed by atoms with E-state index in [0.29, 0.717) is 25.9 Å². The van der Waals surface area contributed by atoms with Gasteiger partial charge in [-0.2, -0.15) is 0 Å². The third-order valence-corrected chi connectivity index (χ3v) is 3.59. The van der Waals surface area contributed by atoms with E-state index in [2.05, 4.69) is 0 Å². The first-order valence-electron chi connectivity index (χ1n) is 6.34. The number of rotatable bonds is 4. The number of nitrogens with zero attached hydrogens (tertiary/aromatic N) is 1. The molecule has 2 N–H and O–H groups in total. The lowest BCUT2D eigenvalue weighted by molar-refractivity contribution is -0.146. The third kappa shape index (κ3) is 3.12. The quantitative estimate of drug-likeness (QED) is 0.863. The summed E-state index contributed by atoms with van der Waals surface area (Å²) in [6.07, 6.45) is 1.01. The minimum atomic E-state index is -0.889. The van der Waals surface area contributed by atoms with Gasteiger partial charge >= 0.3 is 11.9 Å². The molecular formula is C14H17NO4. The molecule has 0 saturated carbocycles. The third-order valence-electron chi connectivity index (χ3n) is 3.59. The van der Waals surface area contributed by atoms with Gasteiger partial charge in [-0.1, -0.05) is 30.3 Å². The molecule has 1 saturated heterocycles. The molecule has 0 aliphatic carbocycles. The first-order valence-corrected chi connectivity index (χ1v) is 6.34. The molecule has 0 aromatic heterocycles. The highest BCUT2D eigenvalue weighted by atomic mass is 16.4. The number of hydrogen-bond acceptors (Lipinski definition) is 3. The predicted octanol–water partition coefficient (Wildman–Crippen LogP) is 1.61. The Morgan fingerprint density at radius 3 is 2.16 bits per heavy atom. The molecule has 1 aliphatic rings. The van der Waals surface area contributed by atoms with Gasteiger partial charge in [0, 0.05) is 13.1 Å². The lowest BCUT2D eigenvalue weighted by Crippen LogP contribution is -2.41. The van der Waals surface area contributed by atoms with Crippen LogP contribution in [0.3, 0.4) is 0 Å². The van der Waals surface area contributed by atoms with E-state index in [4.69, 9.17) is 5.11 Å². The van der Waals surface area contributed by atoms with Crippen molar-refractivity contribution < 1.29 is 19.8 Å². The number of carbonyl (C=O) groups is 2. The maximum atomic E-state index is 11.5. The van der Waals surface area contributed by atoms with Gasteiger partial charge in [-0.15, -0.1) is 0 Å². The summed E-state index contributed by atoms with van der Waals surface area (Å²) in [7, 11) is 0. The second-order valence-corrected chi connectivity index (χ2v) is 4.80. The molecule has 102 valence electrons. The summed E-state index contributed by atoms with van der Waals surface area (Å²) in [5, 5.41) is 18.4. The monoisotopic (exact) mass is 263 g/mol. The topological polar surface area (TPSA) is 77.8 Å². The van der Waals surface area contributed by atoms with Crippen LogP contribution in [0.1, 0.15) is 24.4 Å². The second-order valence-electron chi connectivity index (χ2n) is 4.80. The Balaban J connectivity index is 2.10. The summed E-state index contributed by atoms with van der Waals surface area (Å²) in [6, 6.07) is 8.38. The number of benzene rings is 1. The largest absolute Gasteiger partial charge is 0.481 e. The van der Waals surface area contributed by atoms with Crippen LogP contribution in [0.15, 0.2) is 30.3 Å². The average molecular weight is 263 g/mol. The van der Waals surface area contributed by atoms with Gasteiger partial charge in [0.15, 0.2) is 0 Å². The van der Waals surface area contributed by atoms with Crippen LogP contribution in [0.2, 0.25) is 0 Å². The molecule has 1 heterocycles. The summed E-state index contributed by atoms with van der Waals surface area (Å²) in [6.45, 7) is 1.01. The Bertz CT molecular complexity index is 452. The Kier molecular flexibility index (Phi) is 4.16. The van der Waals surface area contributed by atoms with Crippen LogP contribution in [0.5, 0.6) is 0 Å².